The van der Waals surface area contributed by atoms with Crippen molar-refractivity contribution in [2.45, 2.75) is 58.2 Å². The van der Waals surface area contributed by atoms with Crippen LogP contribution in [0.15, 0.2) is 54.7 Å². The molecule has 8 heteroatoms. The van der Waals surface area contributed by atoms with Crippen LogP contribution in [0.5, 0.6) is 0 Å². The third-order valence-corrected chi connectivity index (χ3v) is 7.58. The lowest BCUT2D eigenvalue weighted by Crippen LogP contribution is -2.39. The summed E-state index contributed by atoms with van der Waals surface area (Å²) in [4.78, 5) is 39.3. The topological polar surface area (TPSA) is 94.4 Å². The number of aryl methyl sites for hydroxylation is 2. The van der Waals surface area contributed by atoms with Crippen molar-refractivity contribution >= 4 is 50.9 Å². The number of carbonyl (C=O) groups excluding carboxylic acids is 3. The maximum Gasteiger partial charge on any atom is 0.407 e. The predicted molar refractivity (Wildman–Crippen MR) is 151 cm³/mol. The van der Waals surface area contributed by atoms with E-state index >= 15 is 0 Å². The zero-order valence-corrected chi connectivity index (χ0v) is 22.6. The minimum Gasteiger partial charge on any atom is -0.444 e. The summed E-state index contributed by atoms with van der Waals surface area (Å²) in [7, 11) is 1.94. The average Bonchev–Trinajstić information content (AvgIpc) is 3.40. The number of benzene rings is 2. The molecule has 2 aromatic carbocycles. The summed E-state index contributed by atoms with van der Waals surface area (Å²) < 4.78 is 9.71. The minimum absolute atomic E-state index is 0.0723. The first-order valence-corrected chi connectivity index (χ1v) is 13.4. The molecule has 0 saturated carbocycles. The van der Waals surface area contributed by atoms with E-state index in [2.05, 4.69) is 21.3 Å². The van der Waals surface area contributed by atoms with Gasteiger partial charge in [-0.3, -0.25) is 14.9 Å². The van der Waals surface area contributed by atoms with Crippen molar-refractivity contribution in [3.8, 4) is 0 Å². The fraction of sp³-hybridized carbons (Fsp3) is 0.323. The molecule has 0 bridgehead atoms. The van der Waals surface area contributed by atoms with E-state index in [-0.39, 0.29) is 17.9 Å². The van der Waals surface area contributed by atoms with Crippen molar-refractivity contribution in [1.82, 2.24) is 19.8 Å². The number of nitrogens with zero attached hydrogens (tertiary/aromatic N) is 2. The molecule has 2 aliphatic rings. The molecule has 8 nitrogen and oxygen atoms in total. The quantitative estimate of drug-likeness (QED) is 0.372. The highest BCUT2D eigenvalue weighted by Gasteiger charge is 2.37. The first-order chi connectivity index (χ1) is 18.6. The van der Waals surface area contributed by atoms with E-state index in [0.717, 1.165) is 45.0 Å². The number of para-hydroxylation sites is 2. The highest BCUT2D eigenvalue weighted by molar-refractivity contribution is 6.51. The number of fused-ring (bicyclic) bond motifs is 4. The van der Waals surface area contributed by atoms with Gasteiger partial charge < -0.3 is 19.2 Å². The monoisotopic (exact) mass is 524 g/mol. The third-order valence-electron chi connectivity index (χ3n) is 7.58. The summed E-state index contributed by atoms with van der Waals surface area (Å²) in [5, 5.41) is 7.48. The lowest BCUT2D eigenvalue weighted by molar-refractivity contribution is -0.122. The minimum atomic E-state index is -0.573. The predicted octanol–water partition coefficient (Wildman–Crippen LogP) is 4.93. The Morgan fingerprint density at radius 3 is 2.36 bits per heavy atom. The van der Waals surface area contributed by atoms with Gasteiger partial charge in [0.05, 0.1) is 11.1 Å². The third kappa shape index (κ3) is 4.30. The van der Waals surface area contributed by atoms with Crippen LogP contribution in [0.1, 0.15) is 50.4 Å². The summed E-state index contributed by atoms with van der Waals surface area (Å²) >= 11 is 0. The van der Waals surface area contributed by atoms with Crippen LogP contribution < -0.4 is 10.6 Å². The van der Waals surface area contributed by atoms with E-state index in [0.29, 0.717) is 30.5 Å². The Balaban J connectivity index is 1.48. The van der Waals surface area contributed by atoms with E-state index in [1.54, 1.807) is 0 Å². The summed E-state index contributed by atoms with van der Waals surface area (Å²) in [5.41, 5.74) is 4.80. The van der Waals surface area contributed by atoms with Crippen LogP contribution in [-0.2, 0) is 34.3 Å². The highest BCUT2D eigenvalue weighted by atomic mass is 16.6. The number of hydrogen-bond acceptors (Lipinski definition) is 4. The van der Waals surface area contributed by atoms with Gasteiger partial charge in [-0.2, -0.15) is 0 Å². The van der Waals surface area contributed by atoms with Gasteiger partial charge in [0, 0.05) is 64.5 Å². The second-order valence-corrected chi connectivity index (χ2v) is 11.4. The van der Waals surface area contributed by atoms with Gasteiger partial charge in [0.2, 0.25) is 0 Å². The first kappa shape index (κ1) is 25.0. The van der Waals surface area contributed by atoms with Crippen molar-refractivity contribution in [2.75, 3.05) is 0 Å². The standard InChI is InChI=1S/C31H32N4O4/c1-31(2,3)39-30(38)32-18-13-14-24-25(20-10-6-8-12-23(20)35(24)16-15-18)27-26(28(36)33-29(27)37)21-17-34(4)22-11-7-5-9-19(21)22/h5-12,17-18H,13-16H2,1-4H3,(H,32,38)(H,33,36,37). The number of imide groups is 1. The number of amides is 3. The van der Waals surface area contributed by atoms with Crippen molar-refractivity contribution < 1.29 is 19.1 Å². The number of ether oxygens (including phenoxy) is 1. The lowest BCUT2D eigenvalue weighted by Gasteiger charge is -2.23. The van der Waals surface area contributed by atoms with Gasteiger partial charge in [0.1, 0.15) is 5.60 Å². The van der Waals surface area contributed by atoms with Crippen LogP contribution in [0.2, 0.25) is 0 Å². The van der Waals surface area contributed by atoms with Crippen molar-refractivity contribution in [1.29, 1.82) is 0 Å². The maximum absolute atomic E-state index is 13.5. The molecule has 3 amide bonds. The molecule has 0 saturated heterocycles. The summed E-state index contributed by atoms with van der Waals surface area (Å²) in [6.45, 7) is 6.21. The number of alkyl carbamates (subject to hydrolysis) is 1. The second kappa shape index (κ2) is 9.15. The molecule has 1 unspecified atom stereocenters. The van der Waals surface area contributed by atoms with E-state index in [9.17, 15) is 14.4 Å². The van der Waals surface area contributed by atoms with Crippen LogP contribution >= 0.6 is 0 Å². The molecule has 0 spiro atoms. The fourth-order valence-corrected chi connectivity index (χ4v) is 6.00. The van der Waals surface area contributed by atoms with Crippen molar-refractivity contribution in [3.63, 3.8) is 0 Å². The summed E-state index contributed by atoms with van der Waals surface area (Å²) in [6, 6.07) is 15.8. The molecular weight excluding hydrogens is 492 g/mol. The molecule has 200 valence electrons. The number of aromatic nitrogens is 2. The second-order valence-electron chi connectivity index (χ2n) is 11.4. The van der Waals surface area contributed by atoms with Gasteiger partial charge in [-0.05, 0) is 52.2 Å². The van der Waals surface area contributed by atoms with Crippen LogP contribution in [0.25, 0.3) is 33.0 Å². The van der Waals surface area contributed by atoms with Crippen LogP contribution in [0, 0.1) is 0 Å². The molecule has 4 heterocycles. The van der Waals surface area contributed by atoms with Gasteiger partial charge in [-0.25, -0.2) is 4.79 Å². The molecule has 2 N–H and O–H groups in total. The molecule has 1 atom stereocenters. The molecule has 2 aliphatic heterocycles. The van der Waals surface area contributed by atoms with E-state index in [4.69, 9.17) is 4.74 Å². The van der Waals surface area contributed by atoms with Gasteiger partial charge >= 0.3 is 6.09 Å². The number of rotatable bonds is 3. The van der Waals surface area contributed by atoms with Crippen LogP contribution in [0.3, 0.4) is 0 Å². The van der Waals surface area contributed by atoms with E-state index in [1.165, 1.54) is 0 Å². The Kier molecular flexibility index (Phi) is 5.86. The highest BCUT2D eigenvalue weighted by Crippen LogP contribution is 2.42. The maximum atomic E-state index is 13.5. The molecule has 39 heavy (non-hydrogen) atoms. The zero-order chi connectivity index (χ0) is 27.5. The summed E-state index contributed by atoms with van der Waals surface area (Å²) in [6.07, 6.45) is 3.55. The number of carbonyl (C=O) groups is 3. The SMILES string of the molecule is Cn1cc(C2=C(c3c4n(c5ccccc35)CCC(NC(=O)OC(C)(C)C)CC4)C(=O)NC2=O)c2ccccc21. The van der Waals surface area contributed by atoms with Gasteiger partial charge in [-0.1, -0.05) is 36.4 Å². The smallest absolute Gasteiger partial charge is 0.407 e. The Hall–Kier alpha value is -4.33. The molecule has 2 aromatic heterocycles. The van der Waals surface area contributed by atoms with Crippen LogP contribution in [-0.4, -0.2) is 38.7 Å². The van der Waals surface area contributed by atoms with Crippen molar-refractivity contribution in [3.05, 3.63) is 71.5 Å². The fourth-order valence-electron chi connectivity index (χ4n) is 6.00. The Bertz CT molecular complexity index is 1700. The normalized spacial score (nSPS) is 17.9. The molecule has 4 aromatic rings. The molecule has 0 aliphatic carbocycles. The van der Waals surface area contributed by atoms with E-state index in [1.807, 2.05) is 81.0 Å². The Morgan fingerprint density at radius 1 is 0.949 bits per heavy atom. The van der Waals surface area contributed by atoms with Gasteiger partial charge in [-0.15, -0.1) is 0 Å². The molecule has 0 fully saturated rings. The number of nitrogens with one attached hydrogen (secondary N) is 2. The largest absolute Gasteiger partial charge is 0.444 e. The van der Waals surface area contributed by atoms with Gasteiger partial charge in [0.25, 0.3) is 11.8 Å². The Labute approximate surface area is 226 Å². The first-order valence-electron chi connectivity index (χ1n) is 13.4. The molecular formula is C31H32N4O4. The number of hydrogen-bond donors (Lipinski definition) is 2. The van der Waals surface area contributed by atoms with E-state index < -0.39 is 11.7 Å². The molecule has 0 radical (unpaired) electrons. The zero-order valence-electron chi connectivity index (χ0n) is 22.6. The van der Waals surface area contributed by atoms with Crippen LogP contribution in [0.4, 0.5) is 4.79 Å². The lowest BCUT2D eigenvalue weighted by atomic mass is 9.92. The average molecular weight is 525 g/mol. The Morgan fingerprint density at radius 2 is 1.62 bits per heavy atom. The molecule has 6 rings (SSSR count). The summed E-state index contributed by atoms with van der Waals surface area (Å²) in [5.74, 6) is -0.761. The van der Waals surface area contributed by atoms with Crippen molar-refractivity contribution in [2.24, 2.45) is 7.05 Å². The van der Waals surface area contributed by atoms with Gasteiger partial charge in [0.15, 0.2) is 0 Å².